The molecule has 3 N–H and O–H groups in total. The van der Waals surface area contributed by atoms with Crippen LogP contribution in [0.3, 0.4) is 0 Å². The fourth-order valence-corrected chi connectivity index (χ4v) is 3.66. The summed E-state index contributed by atoms with van der Waals surface area (Å²) < 4.78 is 13.3. The van der Waals surface area contributed by atoms with E-state index in [9.17, 15) is 4.39 Å². The van der Waals surface area contributed by atoms with Gasteiger partial charge in [0.1, 0.15) is 16.5 Å². The maximum atomic E-state index is 13.3. The van der Waals surface area contributed by atoms with Crippen LogP contribution in [0.1, 0.15) is 11.1 Å². The number of fused-ring (bicyclic) bond motifs is 1. The fourth-order valence-electron chi connectivity index (χ4n) is 2.72. The number of benzene rings is 2. The molecule has 0 fully saturated rings. The van der Waals surface area contributed by atoms with Crippen LogP contribution in [0.2, 0.25) is 0 Å². The molecule has 2 heterocycles. The fraction of sp³-hybridized carbons (Fsp3) is 0.0500. The lowest BCUT2D eigenvalue weighted by molar-refractivity contribution is 0.626. The molecule has 0 radical (unpaired) electrons. The van der Waals surface area contributed by atoms with Crippen molar-refractivity contribution in [2.75, 3.05) is 11.1 Å². The van der Waals surface area contributed by atoms with Crippen molar-refractivity contribution in [1.82, 2.24) is 9.97 Å². The van der Waals surface area contributed by atoms with Crippen LogP contribution in [0.25, 0.3) is 21.6 Å². The molecule has 27 heavy (non-hydrogen) atoms. The van der Waals surface area contributed by atoms with Crippen molar-refractivity contribution in [2.45, 2.75) is 6.54 Å². The van der Waals surface area contributed by atoms with Crippen molar-refractivity contribution >= 4 is 32.4 Å². The molecule has 0 aliphatic carbocycles. The highest BCUT2D eigenvalue weighted by atomic mass is 32.1. The van der Waals surface area contributed by atoms with E-state index in [0.717, 1.165) is 26.3 Å². The summed E-state index contributed by atoms with van der Waals surface area (Å²) in [5.41, 5.74) is 8.25. The Morgan fingerprint density at radius 3 is 2.78 bits per heavy atom. The first kappa shape index (κ1) is 16.9. The summed E-state index contributed by atoms with van der Waals surface area (Å²) in [6.45, 7) is 0.495. The summed E-state index contributed by atoms with van der Waals surface area (Å²) >= 11 is 1.45. The first-order valence-corrected chi connectivity index (χ1v) is 9.00. The number of nitriles is 1. The molecule has 0 atom stereocenters. The highest BCUT2D eigenvalue weighted by molar-refractivity contribution is 7.22. The van der Waals surface area contributed by atoms with Crippen LogP contribution in [0.15, 0.2) is 54.6 Å². The van der Waals surface area contributed by atoms with Gasteiger partial charge in [0.15, 0.2) is 5.82 Å². The van der Waals surface area contributed by atoms with Crippen molar-refractivity contribution in [3.63, 3.8) is 0 Å². The highest BCUT2D eigenvalue weighted by Crippen LogP contribution is 2.33. The molecule has 0 amide bonds. The number of nitrogens with two attached hydrogens (primary N) is 1. The molecular formula is C20H14FN5S. The van der Waals surface area contributed by atoms with E-state index in [4.69, 9.17) is 11.0 Å². The molecule has 7 heteroatoms. The van der Waals surface area contributed by atoms with Gasteiger partial charge in [0.25, 0.3) is 0 Å². The first-order chi connectivity index (χ1) is 13.1. The Bertz CT molecular complexity index is 1180. The van der Waals surface area contributed by atoms with Crippen molar-refractivity contribution in [2.24, 2.45) is 0 Å². The van der Waals surface area contributed by atoms with Crippen molar-refractivity contribution in [1.29, 1.82) is 5.26 Å². The molecule has 4 aromatic rings. The summed E-state index contributed by atoms with van der Waals surface area (Å²) in [4.78, 5) is 9.72. The third kappa shape index (κ3) is 3.57. The minimum atomic E-state index is -0.259. The molecule has 2 aromatic heterocycles. The summed E-state index contributed by atoms with van der Waals surface area (Å²) in [5, 5.41) is 14.0. The lowest BCUT2D eigenvalue weighted by atomic mass is 10.1. The quantitative estimate of drug-likeness (QED) is 0.546. The Morgan fingerprint density at radius 2 is 1.96 bits per heavy atom. The number of thiophene rings is 1. The topological polar surface area (TPSA) is 87.6 Å². The van der Waals surface area contributed by atoms with Gasteiger partial charge in [-0.05, 0) is 35.9 Å². The van der Waals surface area contributed by atoms with Crippen LogP contribution in [0, 0.1) is 17.1 Å². The van der Waals surface area contributed by atoms with Gasteiger partial charge in [0.05, 0.1) is 22.0 Å². The third-order valence-electron chi connectivity index (χ3n) is 4.03. The van der Waals surface area contributed by atoms with Crippen LogP contribution in [0.4, 0.5) is 15.2 Å². The number of nitrogen functional groups attached to an aromatic ring is 1. The van der Waals surface area contributed by atoms with Gasteiger partial charge in [-0.3, -0.25) is 0 Å². The largest absolute Gasteiger partial charge is 0.383 e. The van der Waals surface area contributed by atoms with Gasteiger partial charge in [-0.2, -0.15) is 5.26 Å². The van der Waals surface area contributed by atoms with E-state index in [2.05, 4.69) is 21.4 Å². The third-order valence-corrected chi connectivity index (χ3v) is 5.01. The molecule has 0 aliphatic rings. The molecule has 0 unspecified atom stereocenters. The van der Waals surface area contributed by atoms with E-state index in [1.165, 1.54) is 23.5 Å². The number of aromatic nitrogens is 2. The second-order valence-electron chi connectivity index (χ2n) is 5.94. The number of nitrogens with zero attached hydrogens (tertiary/aromatic N) is 3. The number of hydrogen-bond donors (Lipinski definition) is 2. The summed E-state index contributed by atoms with van der Waals surface area (Å²) in [5.74, 6) is 0.605. The lowest BCUT2D eigenvalue weighted by Crippen LogP contribution is -1.97. The molecule has 0 saturated heterocycles. The zero-order valence-electron chi connectivity index (χ0n) is 14.1. The maximum absolute atomic E-state index is 13.3. The van der Waals surface area contributed by atoms with Gasteiger partial charge < -0.3 is 11.1 Å². The van der Waals surface area contributed by atoms with Crippen molar-refractivity contribution in [3.05, 3.63) is 71.5 Å². The molecule has 0 bridgehead atoms. The zero-order chi connectivity index (χ0) is 18.8. The zero-order valence-corrected chi connectivity index (χ0v) is 14.9. The first-order valence-electron chi connectivity index (χ1n) is 8.18. The number of anilines is 2. The molecule has 0 saturated carbocycles. The molecule has 0 spiro atoms. The predicted octanol–water partition coefficient (Wildman–Crippen LogP) is 4.56. The standard InChI is InChI=1S/C20H14FN5S/c21-15-6-2-4-13(8-15)11-24-17-9-16-18(23)25-19(26-20(16)27-17)14-5-1-3-12(7-14)10-22/h1-9,24H,11H2,(H2,23,25,26). The molecule has 4 rings (SSSR count). The Kier molecular flexibility index (Phi) is 4.40. The van der Waals surface area contributed by atoms with Crippen LogP contribution in [-0.4, -0.2) is 9.97 Å². The van der Waals surface area contributed by atoms with E-state index < -0.39 is 0 Å². The van der Waals surface area contributed by atoms with Crippen LogP contribution >= 0.6 is 11.3 Å². The molecule has 2 aromatic carbocycles. The van der Waals surface area contributed by atoms with Crippen LogP contribution in [0.5, 0.6) is 0 Å². The van der Waals surface area contributed by atoms with Gasteiger partial charge in [0.2, 0.25) is 0 Å². The average molecular weight is 375 g/mol. The highest BCUT2D eigenvalue weighted by Gasteiger charge is 2.12. The minimum absolute atomic E-state index is 0.259. The Hall–Kier alpha value is -3.50. The monoisotopic (exact) mass is 375 g/mol. The second-order valence-corrected chi connectivity index (χ2v) is 6.97. The van der Waals surface area contributed by atoms with E-state index in [1.807, 2.05) is 18.2 Å². The van der Waals surface area contributed by atoms with Gasteiger partial charge in [-0.15, -0.1) is 0 Å². The normalized spacial score (nSPS) is 10.7. The van der Waals surface area contributed by atoms with Crippen LogP contribution in [-0.2, 0) is 6.54 Å². The predicted molar refractivity (Wildman–Crippen MR) is 106 cm³/mol. The van der Waals surface area contributed by atoms with E-state index >= 15 is 0 Å². The Morgan fingerprint density at radius 1 is 1.11 bits per heavy atom. The van der Waals surface area contributed by atoms with Crippen molar-refractivity contribution < 1.29 is 4.39 Å². The van der Waals surface area contributed by atoms with Crippen LogP contribution < -0.4 is 11.1 Å². The molecule has 132 valence electrons. The minimum Gasteiger partial charge on any atom is -0.383 e. The molecular weight excluding hydrogens is 361 g/mol. The summed E-state index contributed by atoms with van der Waals surface area (Å²) in [6.07, 6.45) is 0. The number of rotatable bonds is 4. The Balaban J connectivity index is 1.64. The molecule has 5 nitrogen and oxygen atoms in total. The number of nitrogens with one attached hydrogen (secondary N) is 1. The van der Waals surface area contributed by atoms with E-state index in [-0.39, 0.29) is 5.82 Å². The average Bonchev–Trinajstić information content (AvgIpc) is 3.10. The Labute approximate surface area is 158 Å². The van der Waals surface area contributed by atoms with Gasteiger partial charge in [-0.1, -0.05) is 35.6 Å². The van der Waals surface area contributed by atoms with Gasteiger partial charge in [0, 0.05) is 12.1 Å². The second kappa shape index (κ2) is 7.02. The number of hydrogen-bond acceptors (Lipinski definition) is 6. The van der Waals surface area contributed by atoms with E-state index in [0.29, 0.717) is 23.8 Å². The van der Waals surface area contributed by atoms with Gasteiger partial charge in [-0.25, -0.2) is 14.4 Å². The van der Waals surface area contributed by atoms with Gasteiger partial charge >= 0.3 is 0 Å². The summed E-state index contributed by atoms with van der Waals surface area (Å²) in [7, 11) is 0. The lowest BCUT2D eigenvalue weighted by Gasteiger charge is -2.03. The smallest absolute Gasteiger partial charge is 0.163 e. The number of halogens is 1. The summed E-state index contributed by atoms with van der Waals surface area (Å²) in [6, 6.07) is 17.6. The SMILES string of the molecule is N#Cc1cccc(-c2nc(N)c3cc(NCc4cccc(F)c4)sc3n2)c1. The van der Waals surface area contributed by atoms with Crippen molar-refractivity contribution in [3.8, 4) is 17.5 Å². The maximum Gasteiger partial charge on any atom is 0.163 e. The molecule has 0 aliphatic heterocycles. The van der Waals surface area contributed by atoms with E-state index in [1.54, 1.807) is 24.3 Å².